The maximum atomic E-state index is 11.2. The minimum atomic E-state index is -1.30. The molecule has 0 atom stereocenters. The first-order valence-corrected chi connectivity index (χ1v) is 9.70. The van der Waals surface area contributed by atoms with Gasteiger partial charge in [0.15, 0.2) is 0 Å². The number of aromatic carboxylic acids is 1. The summed E-state index contributed by atoms with van der Waals surface area (Å²) in [5, 5.41) is 20.3. The molecule has 2 rings (SSSR count). The fourth-order valence-corrected chi connectivity index (χ4v) is 7.00. The van der Waals surface area contributed by atoms with Gasteiger partial charge in [-0.1, -0.05) is 13.0 Å². The van der Waals surface area contributed by atoms with Crippen molar-refractivity contribution in [2.24, 2.45) is 0 Å². The Morgan fingerprint density at radius 3 is 2.39 bits per heavy atom. The van der Waals surface area contributed by atoms with Crippen LogP contribution in [0.4, 0.5) is 5.69 Å². The third kappa shape index (κ3) is 3.78. The first-order valence-electron chi connectivity index (χ1n) is 6.46. The van der Waals surface area contributed by atoms with Crippen molar-refractivity contribution in [3.8, 4) is 11.1 Å². The van der Waals surface area contributed by atoms with E-state index in [1.54, 1.807) is 6.07 Å². The molecule has 0 spiro atoms. The van der Waals surface area contributed by atoms with Crippen molar-refractivity contribution >= 4 is 79.4 Å². The third-order valence-corrected chi connectivity index (χ3v) is 6.34. The molecule has 0 aliphatic carbocycles. The highest BCUT2D eigenvalue weighted by Gasteiger charge is 2.22. The van der Waals surface area contributed by atoms with E-state index in [0.717, 1.165) is 22.7 Å². The molecule has 23 heavy (non-hydrogen) atoms. The lowest BCUT2D eigenvalue weighted by Gasteiger charge is -2.14. The van der Waals surface area contributed by atoms with E-state index in [4.69, 9.17) is 5.11 Å². The van der Waals surface area contributed by atoms with Gasteiger partial charge in [-0.15, -0.1) is 0 Å². The van der Waals surface area contributed by atoms with E-state index in [-0.39, 0.29) is 5.56 Å². The molecule has 2 aromatic carbocycles. The zero-order valence-electron chi connectivity index (χ0n) is 11.8. The minimum absolute atomic E-state index is 0.301. The van der Waals surface area contributed by atoms with Crippen LogP contribution in [0.1, 0.15) is 22.8 Å². The lowest BCUT2D eigenvalue weighted by Crippen LogP contribution is -2.04. The molecule has 0 aromatic heterocycles. The quantitative estimate of drug-likeness (QED) is 0.276. The Hall–Kier alpha value is -0.500. The molecule has 8 heteroatoms. The molecular weight excluding hydrogens is 639 g/mol. The Labute approximate surface area is 173 Å². The van der Waals surface area contributed by atoms with Crippen LogP contribution in [0.15, 0.2) is 24.3 Å². The van der Waals surface area contributed by atoms with Crippen LogP contribution in [-0.4, -0.2) is 16.0 Å². The van der Waals surface area contributed by atoms with E-state index in [0.29, 0.717) is 5.56 Å². The second-order valence-corrected chi connectivity index (χ2v) is 8.06. The minimum Gasteiger partial charge on any atom is -0.477 e. The smallest absolute Gasteiger partial charge is 0.342 e. The van der Waals surface area contributed by atoms with Crippen molar-refractivity contribution in [2.45, 2.75) is 13.3 Å². The number of rotatable bonds is 4. The zero-order valence-corrected chi connectivity index (χ0v) is 18.2. The summed E-state index contributed by atoms with van der Waals surface area (Å²) >= 11 is 6.74. The zero-order chi connectivity index (χ0) is 17.3. The van der Waals surface area contributed by atoms with Crippen LogP contribution >= 0.6 is 67.8 Å². The van der Waals surface area contributed by atoms with Gasteiger partial charge in [-0.25, -0.2) is 4.79 Å². The third-order valence-electron chi connectivity index (χ3n) is 3.33. The second kappa shape index (κ2) is 7.59. The number of nitrogens with zero attached hydrogens (tertiary/aromatic N) is 1. The van der Waals surface area contributed by atoms with Crippen LogP contribution in [-0.2, 0) is 6.42 Å². The van der Waals surface area contributed by atoms with Gasteiger partial charge in [0, 0.05) is 22.3 Å². The highest BCUT2D eigenvalue weighted by atomic mass is 127. The number of hydrogen-bond acceptors (Lipinski definition) is 3. The molecular formula is C15H10I3NO4. The molecule has 2 aromatic rings. The van der Waals surface area contributed by atoms with Gasteiger partial charge in [0.05, 0.1) is 4.92 Å². The van der Waals surface area contributed by atoms with E-state index in [9.17, 15) is 14.9 Å². The molecule has 0 radical (unpaired) electrons. The van der Waals surface area contributed by atoms with Crippen molar-refractivity contribution < 1.29 is 14.8 Å². The normalized spacial score (nSPS) is 10.6. The fourth-order valence-electron chi connectivity index (χ4n) is 2.24. The lowest BCUT2D eigenvalue weighted by atomic mass is 10.00. The second-order valence-electron chi connectivity index (χ2n) is 4.66. The SMILES string of the molecule is CCc1c(I)cc(I)c(-c2ccc(C(=O)O)c([N+](=O)[O-])c2)c1I. The van der Waals surface area contributed by atoms with Crippen LogP contribution in [0, 0.1) is 20.8 Å². The highest BCUT2D eigenvalue weighted by molar-refractivity contribution is 14.1. The molecule has 0 amide bonds. The summed E-state index contributed by atoms with van der Waals surface area (Å²) in [6.07, 6.45) is 0.857. The summed E-state index contributed by atoms with van der Waals surface area (Å²) in [6, 6.07) is 6.30. The number of carbonyl (C=O) groups is 1. The van der Waals surface area contributed by atoms with Crippen molar-refractivity contribution in [3.63, 3.8) is 0 Å². The predicted molar refractivity (Wildman–Crippen MR) is 113 cm³/mol. The Kier molecular flexibility index (Phi) is 6.22. The van der Waals surface area contributed by atoms with Gasteiger partial charge in [0.25, 0.3) is 5.69 Å². The Morgan fingerprint density at radius 2 is 1.87 bits per heavy atom. The van der Waals surface area contributed by atoms with Crippen LogP contribution in [0.2, 0.25) is 0 Å². The van der Waals surface area contributed by atoms with Gasteiger partial charge in [-0.2, -0.15) is 0 Å². The summed E-state index contributed by atoms with van der Waals surface area (Å²) < 4.78 is 3.17. The van der Waals surface area contributed by atoms with E-state index in [1.807, 2.05) is 6.07 Å². The van der Waals surface area contributed by atoms with E-state index in [2.05, 4.69) is 74.7 Å². The van der Waals surface area contributed by atoms with Gasteiger partial charge in [-0.3, -0.25) is 10.1 Å². The first kappa shape index (κ1) is 18.8. The highest BCUT2D eigenvalue weighted by Crippen LogP contribution is 2.37. The van der Waals surface area contributed by atoms with Gasteiger partial charge in [-0.05, 0) is 97.5 Å². The summed E-state index contributed by atoms with van der Waals surface area (Å²) in [5.74, 6) is -1.30. The molecule has 0 heterocycles. The number of benzene rings is 2. The molecule has 0 saturated carbocycles. The summed E-state index contributed by atoms with van der Waals surface area (Å²) in [4.78, 5) is 21.7. The summed E-state index contributed by atoms with van der Waals surface area (Å²) in [6.45, 7) is 2.06. The number of carboxylic acids is 1. The molecule has 0 unspecified atom stereocenters. The fraction of sp³-hybridized carbons (Fsp3) is 0.133. The predicted octanol–water partition coefficient (Wildman–Crippen LogP) is 5.34. The van der Waals surface area contributed by atoms with Gasteiger partial charge in [0.2, 0.25) is 0 Å². The van der Waals surface area contributed by atoms with Gasteiger partial charge >= 0.3 is 5.97 Å². The molecule has 0 fully saturated rings. The van der Waals surface area contributed by atoms with Gasteiger partial charge < -0.3 is 5.11 Å². The van der Waals surface area contributed by atoms with Crippen molar-refractivity contribution in [2.75, 3.05) is 0 Å². The molecule has 0 saturated heterocycles. The molecule has 1 N–H and O–H groups in total. The standard InChI is InChI=1S/C15H10I3NO4/c1-2-8-10(16)6-11(17)13(14(8)18)7-3-4-9(15(20)21)12(5-7)19(22)23/h3-6H,2H2,1H3,(H,20,21). The van der Waals surface area contributed by atoms with E-state index < -0.39 is 16.6 Å². The molecule has 0 aliphatic rings. The maximum absolute atomic E-state index is 11.2. The Bertz CT molecular complexity index is 821. The Balaban J connectivity index is 2.76. The summed E-state index contributed by atoms with van der Waals surface area (Å²) in [5.41, 5.74) is 2.06. The number of halogens is 3. The van der Waals surface area contributed by atoms with E-state index >= 15 is 0 Å². The molecule has 0 bridgehead atoms. The van der Waals surface area contributed by atoms with Crippen LogP contribution in [0.25, 0.3) is 11.1 Å². The lowest BCUT2D eigenvalue weighted by molar-refractivity contribution is -0.385. The largest absolute Gasteiger partial charge is 0.477 e. The topological polar surface area (TPSA) is 80.4 Å². The first-order chi connectivity index (χ1) is 10.8. The molecule has 120 valence electrons. The maximum Gasteiger partial charge on any atom is 0.342 e. The molecule has 5 nitrogen and oxygen atoms in total. The average molecular weight is 649 g/mol. The van der Waals surface area contributed by atoms with Crippen molar-refractivity contribution in [3.05, 3.63) is 56.2 Å². The number of nitro groups is 1. The van der Waals surface area contributed by atoms with Crippen LogP contribution in [0.5, 0.6) is 0 Å². The molecule has 0 aliphatic heterocycles. The number of hydrogen-bond donors (Lipinski definition) is 1. The Morgan fingerprint density at radius 1 is 1.22 bits per heavy atom. The number of carboxylic acid groups (broad SMARTS) is 1. The van der Waals surface area contributed by atoms with Crippen LogP contribution < -0.4 is 0 Å². The number of nitro benzene ring substituents is 1. The van der Waals surface area contributed by atoms with E-state index in [1.165, 1.54) is 17.7 Å². The van der Waals surface area contributed by atoms with Crippen molar-refractivity contribution in [1.29, 1.82) is 0 Å². The van der Waals surface area contributed by atoms with Gasteiger partial charge in [0.1, 0.15) is 5.56 Å². The van der Waals surface area contributed by atoms with Crippen molar-refractivity contribution in [1.82, 2.24) is 0 Å². The monoisotopic (exact) mass is 649 g/mol. The van der Waals surface area contributed by atoms with Crippen LogP contribution in [0.3, 0.4) is 0 Å². The summed E-state index contributed by atoms with van der Waals surface area (Å²) in [7, 11) is 0. The average Bonchev–Trinajstić information content (AvgIpc) is 2.46.